The van der Waals surface area contributed by atoms with Gasteiger partial charge in [0.1, 0.15) is 0 Å². The third-order valence-electron chi connectivity index (χ3n) is 2.67. The molecule has 0 aromatic heterocycles. The molecular weight excluding hydrogens is 168 g/mol. The van der Waals surface area contributed by atoms with Crippen molar-refractivity contribution in [2.45, 2.75) is 31.3 Å². The Morgan fingerprint density at radius 2 is 2.31 bits per heavy atom. The van der Waals surface area contributed by atoms with Crippen LogP contribution in [0.15, 0.2) is 0 Å². The van der Waals surface area contributed by atoms with Gasteiger partial charge in [-0.3, -0.25) is 4.79 Å². The molecule has 4 nitrogen and oxygen atoms in total. The van der Waals surface area contributed by atoms with Crippen LogP contribution in [-0.4, -0.2) is 37.7 Å². The van der Waals surface area contributed by atoms with Gasteiger partial charge < -0.3 is 15.4 Å². The van der Waals surface area contributed by atoms with Gasteiger partial charge in [0.25, 0.3) is 0 Å². The summed E-state index contributed by atoms with van der Waals surface area (Å²) in [4.78, 5) is 10.9. The minimum atomic E-state index is 0.181. The SMILES string of the molecule is O=C1CCC(NC2CCOC2)CN1. The summed E-state index contributed by atoms with van der Waals surface area (Å²) >= 11 is 0. The average molecular weight is 184 g/mol. The number of rotatable bonds is 2. The zero-order chi connectivity index (χ0) is 9.10. The fraction of sp³-hybridized carbons (Fsp3) is 0.889. The zero-order valence-electron chi connectivity index (χ0n) is 7.71. The van der Waals surface area contributed by atoms with E-state index < -0.39 is 0 Å². The molecule has 0 aliphatic carbocycles. The molecule has 0 bridgehead atoms. The van der Waals surface area contributed by atoms with Gasteiger partial charge in [-0.1, -0.05) is 0 Å². The summed E-state index contributed by atoms with van der Waals surface area (Å²) in [6.45, 7) is 2.47. The minimum absolute atomic E-state index is 0.181. The lowest BCUT2D eigenvalue weighted by Gasteiger charge is -2.26. The van der Waals surface area contributed by atoms with E-state index in [-0.39, 0.29) is 5.91 Å². The van der Waals surface area contributed by atoms with Crippen LogP contribution in [-0.2, 0) is 9.53 Å². The molecule has 1 amide bonds. The highest BCUT2D eigenvalue weighted by Gasteiger charge is 2.22. The molecular formula is C9H16N2O2. The summed E-state index contributed by atoms with van der Waals surface area (Å²) in [5.74, 6) is 0.181. The molecule has 2 aliphatic rings. The molecule has 0 aromatic carbocycles. The molecule has 0 aromatic rings. The van der Waals surface area contributed by atoms with Crippen molar-refractivity contribution >= 4 is 5.91 Å². The zero-order valence-corrected chi connectivity index (χ0v) is 7.71. The molecule has 2 saturated heterocycles. The fourth-order valence-electron chi connectivity index (χ4n) is 1.87. The molecule has 2 N–H and O–H groups in total. The van der Waals surface area contributed by atoms with Crippen molar-refractivity contribution in [2.75, 3.05) is 19.8 Å². The van der Waals surface area contributed by atoms with E-state index in [4.69, 9.17) is 4.74 Å². The van der Waals surface area contributed by atoms with Crippen LogP contribution >= 0.6 is 0 Å². The van der Waals surface area contributed by atoms with Crippen LogP contribution in [0.3, 0.4) is 0 Å². The molecule has 0 spiro atoms. The van der Waals surface area contributed by atoms with Crippen molar-refractivity contribution in [2.24, 2.45) is 0 Å². The highest BCUT2D eigenvalue weighted by molar-refractivity contribution is 5.76. The van der Waals surface area contributed by atoms with Crippen molar-refractivity contribution in [1.82, 2.24) is 10.6 Å². The van der Waals surface area contributed by atoms with E-state index in [9.17, 15) is 4.79 Å². The Morgan fingerprint density at radius 3 is 2.92 bits per heavy atom. The van der Waals surface area contributed by atoms with Gasteiger partial charge in [0.2, 0.25) is 5.91 Å². The Hall–Kier alpha value is -0.610. The number of piperidine rings is 1. The highest BCUT2D eigenvalue weighted by atomic mass is 16.5. The monoisotopic (exact) mass is 184 g/mol. The van der Waals surface area contributed by atoms with Gasteiger partial charge in [-0.05, 0) is 12.8 Å². The maximum Gasteiger partial charge on any atom is 0.220 e. The van der Waals surface area contributed by atoms with Crippen molar-refractivity contribution in [3.63, 3.8) is 0 Å². The van der Waals surface area contributed by atoms with Crippen molar-refractivity contribution in [3.05, 3.63) is 0 Å². The van der Waals surface area contributed by atoms with E-state index >= 15 is 0 Å². The first kappa shape index (κ1) is 8.97. The third kappa shape index (κ3) is 2.42. The van der Waals surface area contributed by atoms with Crippen LogP contribution in [0.2, 0.25) is 0 Å². The lowest BCUT2D eigenvalue weighted by Crippen LogP contribution is -2.49. The second-order valence-corrected chi connectivity index (χ2v) is 3.77. The van der Waals surface area contributed by atoms with Crippen molar-refractivity contribution < 1.29 is 9.53 Å². The van der Waals surface area contributed by atoms with E-state index in [1.807, 2.05) is 0 Å². The van der Waals surface area contributed by atoms with Gasteiger partial charge in [-0.15, -0.1) is 0 Å². The maximum absolute atomic E-state index is 10.9. The first-order valence-electron chi connectivity index (χ1n) is 4.95. The normalized spacial score (nSPS) is 34.6. The summed E-state index contributed by atoms with van der Waals surface area (Å²) in [5, 5.41) is 6.36. The molecule has 2 heterocycles. The van der Waals surface area contributed by atoms with Gasteiger partial charge in [-0.25, -0.2) is 0 Å². The first-order valence-corrected chi connectivity index (χ1v) is 4.95. The summed E-state index contributed by atoms with van der Waals surface area (Å²) in [6.07, 6.45) is 2.72. The molecule has 74 valence electrons. The van der Waals surface area contributed by atoms with Crippen LogP contribution in [0, 0.1) is 0 Å². The van der Waals surface area contributed by atoms with Crippen LogP contribution in [0.5, 0.6) is 0 Å². The molecule has 2 atom stereocenters. The van der Waals surface area contributed by atoms with Gasteiger partial charge >= 0.3 is 0 Å². The number of carbonyl (C=O) groups excluding carboxylic acids is 1. The number of amides is 1. The average Bonchev–Trinajstić information content (AvgIpc) is 2.62. The minimum Gasteiger partial charge on any atom is -0.380 e. The molecule has 2 rings (SSSR count). The first-order chi connectivity index (χ1) is 6.34. The quantitative estimate of drug-likeness (QED) is 0.616. The second kappa shape index (κ2) is 4.07. The number of hydrogen-bond acceptors (Lipinski definition) is 3. The predicted molar refractivity (Wildman–Crippen MR) is 48.4 cm³/mol. The van der Waals surface area contributed by atoms with Gasteiger partial charge in [0, 0.05) is 31.7 Å². The summed E-state index contributed by atoms with van der Waals surface area (Å²) in [6, 6.07) is 0.949. The second-order valence-electron chi connectivity index (χ2n) is 3.77. The molecule has 2 unspecified atom stereocenters. The van der Waals surface area contributed by atoms with Gasteiger partial charge in [-0.2, -0.15) is 0 Å². The predicted octanol–water partition coefficient (Wildman–Crippen LogP) is -0.356. The number of nitrogens with one attached hydrogen (secondary N) is 2. The lowest BCUT2D eigenvalue weighted by molar-refractivity contribution is -0.122. The van der Waals surface area contributed by atoms with Crippen LogP contribution in [0.25, 0.3) is 0 Å². The Labute approximate surface area is 78.0 Å². The molecule has 2 aliphatic heterocycles. The lowest BCUT2D eigenvalue weighted by atomic mass is 10.1. The Bertz CT molecular complexity index is 180. The topological polar surface area (TPSA) is 50.4 Å². The number of hydrogen-bond donors (Lipinski definition) is 2. The van der Waals surface area contributed by atoms with Crippen molar-refractivity contribution in [1.29, 1.82) is 0 Å². The van der Waals surface area contributed by atoms with Gasteiger partial charge in [0.15, 0.2) is 0 Å². The number of carbonyl (C=O) groups is 1. The highest BCUT2D eigenvalue weighted by Crippen LogP contribution is 2.08. The summed E-state index contributed by atoms with van der Waals surface area (Å²) in [5.41, 5.74) is 0. The van der Waals surface area contributed by atoms with Crippen LogP contribution in [0.4, 0.5) is 0 Å². The fourth-order valence-corrected chi connectivity index (χ4v) is 1.87. The third-order valence-corrected chi connectivity index (χ3v) is 2.67. The molecule has 0 saturated carbocycles. The van der Waals surface area contributed by atoms with Gasteiger partial charge in [0.05, 0.1) is 6.61 Å². The van der Waals surface area contributed by atoms with E-state index in [2.05, 4.69) is 10.6 Å². The van der Waals surface area contributed by atoms with Crippen molar-refractivity contribution in [3.8, 4) is 0 Å². The maximum atomic E-state index is 10.9. The smallest absolute Gasteiger partial charge is 0.220 e. The van der Waals surface area contributed by atoms with E-state index in [0.717, 1.165) is 32.6 Å². The van der Waals surface area contributed by atoms with E-state index in [1.54, 1.807) is 0 Å². The summed E-state index contributed by atoms with van der Waals surface area (Å²) in [7, 11) is 0. The Morgan fingerprint density at radius 1 is 1.38 bits per heavy atom. The number of ether oxygens (including phenoxy) is 1. The van der Waals surface area contributed by atoms with Crippen LogP contribution < -0.4 is 10.6 Å². The molecule has 13 heavy (non-hydrogen) atoms. The Balaban J connectivity index is 1.72. The van der Waals surface area contributed by atoms with E-state index in [0.29, 0.717) is 18.5 Å². The van der Waals surface area contributed by atoms with E-state index in [1.165, 1.54) is 0 Å². The molecule has 2 fully saturated rings. The Kier molecular flexibility index (Phi) is 2.80. The molecule has 0 radical (unpaired) electrons. The van der Waals surface area contributed by atoms with Crippen LogP contribution in [0.1, 0.15) is 19.3 Å². The summed E-state index contributed by atoms with van der Waals surface area (Å²) < 4.78 is 5.27. The molecule has 4 heteroatoms. The standard InChI is InChI=1S/C9H16N2O2/c12-9-2-1-7(5-10-9)11-8-3-4-13-6-8/h7-8,11H,1-6H2,(H,10,12). The largest absolute Gasteiger partial charge is 0.380 e.